The molecule has 0 spiro atoms. The zero-order valence-corrected chi connectivity index (χ0v) is 12.8. The summed E-state index contributed by atoms with van der Waals surface area (Å²) in [5.41, 5.74) is 0.597. The predicted molar refractivity (Wildman–Crippen MR) is 77.6 cm³/mol. The summed E-state index contributed by atoms with van der Waals surface area (Å²) in [6.07, 6.45) is 6.63. The van der Waals surface area contributed by atoms with E-state index in [1.807, 2.05) is 6.92 Å². The molecule has 0 fully saturated rings. The molecule has 1 heterocycles. The van der Waals surface area contributed by atoms with Crippen LogP contribution in [0.4, 0.5) is 0 Å². The van der Waals surface area contributed by atoms with E-state index in [4.69, 9.17) is 0 Å². The number of aromatic nitrogens is 1. The summed E-state index contributed by atoms with van der Waals surface area (Å²) in [6, 6.07) is 1.98. The summed E-state index contributed by atoms with van der Waals surface area (Å²) in [7, 11) is 0. The van der Waals surface area contributed by atoms with Crippen LogP contribution in [0, 0.1) is 5.92 Å². The van der Waals surface area contributed by atoms with E-state index in [-0.39, 0.29) is 11.9 Å². The number of halogens is 1. The first-order valence-corrected chi connectivity index (χ1v) is 7.19. The van der Waals surface area contributed by atoms with Crippen molar-refractivity contribution in [3.63, 3.8) is 0 Å². The van der Waals surface area contributed by atoms with Crippen molar-refractivity contribution in [2.75, 3.05) is 0 Å². The molecule has 1 aromatic rings. The molecule has 0 aliphatic carbocycles. The van der Waals surface area contributed by atoms with Crippen molar-refractivity contribution in [2.45, 2.75) is 46.1 Å². The normalized spacial score (nSPS) is 12.5. The minimum Gasteiger partial charge on any atom is -0.350 e. The molecule has 3 nitrogen and oxygen atoms in total. The lowest BCUT2D eigenvalue weighted by molar-refractivity contribution is 0.0937. The average Bonchev–Trinajstić information content (AvgIpc) is 2.28. The lowest BCUT2D eigenvalue weighted by Gasteiger charge is -2.14. The van der Waals surface area contributed by atoms with Crippen LogP contribution in [0.15, 0.2) is 22.9 Å². The second kappa shape index (κ2) is 7.52. The van der Waals surface area contributed by atoms with Gasteiger partial charge < -0.3 is 5.32 Å². The molecule has 0 aromatic carbocycles. The monoisotopic (exact) mass is 312 g/mol. The molecule has 1 N–H and O–H groups in total. The molecule has 1 amide bonds. The van der Waals surface area contributed by atoms with Crippen LogP contribution in [-0.4, -0.2) is 16.9 Å². The molecule has 0 aliphatic rings. The van der Waals surface area contributed by atoms with Crippen molar-refractivity contribution < 1.29 is 4.79 Å². The molecule has 4 heteroatoms. The number of amides is 1. The maximum absolute atomic E-state index is 11.9. The Bertz CT molecular complexity index is 393. The fourth-order valence-corrected chi connectivity index (χ4v) is 2.11. The van der Waals surface area contributed by atoms with Crippen LogP contribution in [0.2, 0.25) is 0 Å². The molecule has 1 aromatic heterocycles. The lowest BCUT2D eigenvalue weighted by Crippen LogP contribution is -2.32. The number of carbonyl (C=O) groups is 1. The predicted octanol–water partition coefficient (Wildman–Crippen LogP) is 3.79. The van der Waals surface area contributed by atoms with Crippen LogP contribution < -0.4 is 5.32 Å². The largest absolute Gasteiger partial charge is 0.350 e. The summed E-state index contributed by atoms with van der Waals surface area (Å²) in [5.74, 6) is 0.669. The molecule has 1 rings (SSSR count). The van der Waals surface area contributed by atoms with Crippen LogP contribution >= 0.6 is 15.9 Å². The first-order chi connectivity index (χ1) is 8.49. The van der Waals surface area contributed by atoms with E-state index >= 15 is 0 Å². The van der Waals surface area contributed by atoms with Crippen molar-refractivity contribution in [3.05, 3.63) is 28.5 Å². The van der Waals surface area contributed by atoms with Gasteiger partial charge in [0.1, 0.15) is 0 Å². The van der Waals surface area contributed by atoms with Crippen LogP contribution in [0.25, 0.3) is 0 Å². The maximum Gasteiger partial charge on any atom is 0.253 e. The molecule has 0 bridgehead atoms. The van der Waals surface area contributed by atoms with Crippen LogP contribution in [0.5, 0.6) is 0 Å². The second-order valence-electron chi connectivity index (χ2n) is 5.09. The van der Waals surface area contributed by atoms with E-state index < -0.39 is 0 Å². The van der Waals surface area contributed by atoms with Gasteiger partial charge in [0, 0.05) is 22.9 Å². The van der Waals surface area contributed by atoms with Gasteiger partial charge in [-0.2, -0.15) is 0 Å². The van der Waals surface area contributed by atoms with Gasteiger partial charge in [-0.15, -0.1) is 0 Å². The highest BCUT2D eigenvalue weighted by molar-refractivity contribution is 9.10. The molecule has 0 saturated heterocycles. The van der Waals surface area contributed by atoms with E-state index in [1.54, 1.807) is 18.5 Å². The maximum atomic E-state index is 11.9. The number of nitrogens with zero attached hydrogens (tertiary/aromatic N) is 1. The molecule has 1 atom stereocenters. The third-order valence-electron chi connectivity index (χ3n) is 2.76. The first-order valence-electron chi connectivity index (χ1n) is 6.40. The van der Waals surface area contributed by atoms with Gasteiger partial charge in [-0.25, -0.2) is 0 Å². The first kappa shape index (κ1) is 15.2. The third-order valence-corrected chi connectivity index (χ3v) is 3.20. The number of rotatable bonds is 6. The van der Waals surface area contributed by atoms with Crippen LogP contribution in [-0.2, 0) is 0 Å². The third kappa shape index (κ3) is 5.63. The van der Waals surface area contributed by atoms with E-state index in [0.29, 0.717) is 5.56 Å². The van der Waals surface area contributed by atoms with Crippen LogP contribution in [0.1, 0.15) is 50.4 Å². The minimum absolute atomic E-state index is 0.0548. The molecule has 0 saturated carbocycles. The molecule has 100 valence electrons. The van der Waals surface area contributed by atoms with Gasteiger partial charge in [0.2, 0.25) is 0 Å². The van der Waals surface area contributed by atoms with E-state index in [0.717, 1.165) is 23.2 Å². The molecular weight excluding hydrogens is 292 g/mol. The van der Waals surface area contributed by atoms with Crippen molar-refractivity contribution in [2.24, 2.45) is 5.92 Å². The Morgan fingerprint density at radius 1 is 1.33 bits per heavy atom. The van der Waals surface area contributed by atoms with Crippen molar-refractivity contribution >= 4 is 21.8 Å². The van der Waals surface area contributed by atoms with Gasteiger partial charge >= 0.3 is 0 Å². The Labute approximate surface area is 118 Å². The zero-order chi connectivity index (χ0) is 13.5. The van der Waals surface area contributed by atoms with E-state index in [2.05, 4.69) is 40.1 Å². The SMILES string of the molecule is CC(C)CCCC(C)NC(=O)c1cncc(Br)c1. The van der Waals surface area contributed by atoms with Gasteiger partial charge in [-0.1, -0.05) is 26.7 Å². The Morgan fingerprint density at radius 3 is 2.67 bits per heavy atom. The quantitative estimate of drug-likeness (QED) is 0.868. The molecule has 0 aliphatic heterocycles. The highest BCUT2D eigenvalue weighted by Crippen LogP contribution is 2.11. The van der Waals surface area contributed by atoms with E-state index in [9.17, 15) is 4.79 Å². The van der Waals surface area contributed by atoms with E-state index in [1.165, 1.54) is 6.42 Å². The smallest absolute Gasteiger partial charge is 0.253 e. The summed E-state index contributed by atoms with van der Waals surface area (Å²) < 4.78 is 0.822. The fourth-order valence-electron chi connectivity index (χ4n) is 1.75. The number of hydrogen-bond acceptors (Lipinski definition) is 2. The Balaban J connectivity index is 2.40. The summed E-state index contributed by atoms with van der Waals surface area (Å²) in [5, 5.41) is 3.00. The lowest BCUT2D eigenvalue weighted by atomic mass is 10.0. The number of carbonyl (C=O) groups excluding carboxylic acids is 1. The Kier molecular flexibility index (Phi) is 6.33. The molecular formula is C14H21BrN2O. The van der Waals surface area contributed by atoms with Gasteiger partial charge in [-0.05, 0) is 41.3 Å². The highest BCUT2D eigenvalue weighted by Gasteiger charge is 2.10. The highest BCUT2D eigenvalue weighted by atomic mass is 79.9. The zero-order valence-electron chi connectivity index (χ0n) is 11.2. The van der Waals surface area contributed by atoms with Crippen molar-refractivity contribution in [3.8, 4) is 0 Å². The fraction of sp³-hybridized carbons (Fsp3) is 0.571. The van der Waals surface area contributed by atoms with Crippen molar-refractivity contribution in [1.82, 2.24) is 10.3 Å². The average molecular weight is 313 g/mol. The topological polar surface area (TPSA) is 42.0 Å². The summed E-state index contributed by atoms with van der Waals surface area (Å²) in [6.45, 7) is 6.48. The molecule has 1 unspecified atom stereocenters. The molecule has 0 radical (unpaired) electrons. The second-order valence-corrected chi connectivity index (χ2v) is 6.01. The standard InChI is InChI=1S/C14H21BrN2O/c1-10(2)5-4-6-11(3)17-14(18)12-7-13(15)9-16-8-12/h7-11H,4-6H2,1-3H3,(H,17,18). The summed E-state index contributed by atoms with van der Waals surface area (Å²) in [4.78, 5) is 15.9. The van der Waals surface area contributed by atoms with Crippen LogP contribution in [0.3, 0.4) is 0 Å². The Hall–Kier alpha value is -0.900. The number of nitrogens with one attached hydrogen (secondary N) is 1. The van der Waals surface area contributed by atoms with Gasteiger partial charge in [0.25, 0.3) is 5.91 Å². The van der Waals surface area contributed by atoms with Gasteiger partial charge in [-0.3, -0.25) is 9.78 Å². The minimum atomic E-state index is -0.0548. The van der Waals surface area contributed by atoms with Crippen molar-refractivity contribution in [1.29, 1.82) is 0 Å². The Morgan fingerprint density at radius 2 is 2.06 bits per heavy atom. The molecule has 18 heavy (non-hydrogen) atoms. The summed E-state index contributed by atoms with van der Waals surface area (Å²) >= 11 is 3.31. The van der Waals surface area contributed by atoms with Gasteiger partial charge in [0.05, 0.1) is 5.56 Å². The van der Waals surface area contributed by atoms with Gasteiger partial charge in [0.15, 0.2) is 0 Å². The number of pyridine rings is 1. The number of hydrogen-bond donors (Lipinski definition) is 1.